The molecule has 1 atom stereocenters. The van der Waals surface area contributed by atoms with E-state index in [-0.39, 0.29) is 36.0 Å². The van der Waals surface area contributed by atoms with Crippen molar-refractivity contribution in [3.63, 3.8) is 0 Å². The van der Waals surface area contributed by atoms with Gasteiger partial charge in [0, 0.05) is 23.2 Å². The van der Waals surface area contributed by atoms with Gasteiger partial charge in [0.1, 0.15) is 5.84 Å². The molecule has 1 saturated heterocycles. The van der Waals surface area contributed by atoms with Gasteiger partial charge in [-0.2, -0.15) is 23.4 Å². The molecule has 0 radical (unpaired) electrons. The van der Waals surface area contributed by atoms with Gasteiger partial charge in [0.2, 0.25) is 6.19 Å². The number of hydrogen-bond acceptors (Lipinski definition) is 5. The number of rotatable bonds is 4. The highest BCUT2D eigenvalue weighted by atomic mass is 35.5. The van der Waals surface area contributed by atoms with Crippen LogP contribution in [0.2, 0.25) is 10.0 Å². The molecule has 190 valence electrons. The third-order valence-corrected chi connectivity index (χ3v) is 6.63. The Kier molecular flexibility index (Phi) is 6.64. The van der Waals surface area contributed by atoms with Crippen molar-refractivity contribution in [3.05, 3.63) is 63.1 Å². The molecule has 13 heteroatoms. The van der Waals surface area contributed by atoms with E-state index in [1.165, 1.54) is 18.3 Å². The Balaban J connectivity index is 1.55. The number of halogens is 7. The average Bonchev–Trinajstić information content (AvgIpc) is 3.26. The Hall–Kier alpha value is -2.97. The van der Waals surface area contributed by atoms with Gasteiger partial charge < -0.3 is 9.74 Å². The van der Waals surface area contributed by atoms with E-state index < -0.39 is 45.3 Å². The molecule has 0 bridgehead atoms. The highest BCUT2D eigenvalue weighted by Crippen LogP contribution is 2.50. The smallest absolute Gasteiger partial charge is 0.374 e. The van der Waals surface area contributed by atoms with Crippen LogP contribution in [0.3, 0.4) is 0 Å². The summed E-state index contributed by atoms with van der Waals surface area (Å²) in [5.74, 6) is -0.665. The van der Waals surface area contributed by atoms with Gasteiger partial charge in [-0.25, -0.2) is 8.78 Å². The molecule has 3 heterocycles. The first-order valence-corrected chi connectivity index (χ1v) is 11.4. The second-order valence-electron chi connectivity index (χ2n) is 8.86. The molecule has 6 nitrogen and oxygen atoms in total. The predicted molar refractivity (Wildman–Crippen MR) is 123 cm³/mol. The molecule has 36 heavy (non-hydrogen) atoms. The van der Waals surface area contributed by atoms with Crippen LogP contribution in [0.4, 0.5) is 22.0 Å². The van der Waals surface area contributed by atoms with Crippen LogP contribution in [0.25, 0.3) is 0 Å². The van der Waals surface area contributed by atoms with Crippen molar-refractivity contribution in [2.24, 2.45) is 16.1 Å². The number of nitriles is 1. The van der Waals surface area contributed by atoms with Gasteiger partial charge in [-0.1, -0.05) is 42.2 Å². The van der Waals surface area contributed by atoms with Crippen LogP contribution in [0.15, 0.2) is 40.6 Å². The first-order chi connectivity index (χ1) is 16.8. The van der Waals surface area contributed by atoms with Crippen LogP contribution in [0.5, 0.6) is 0 Å². The largest absolute Gasteiger partial charge is 0.435 e. The Labute approximate surface area is 213 Å². The number of oxime groups is 1. The first-order valence-electron chi connectivity index (χ1n) is 10.7. The second-order valence-corrected chi connectivity index (χ2v) is 9.68. The number of aromatic nitrogens is 1. The summed E-state index contributed by atoms with van der Waals surface area (Å²) in [6.07, 6.45) is -2.78. The maximum Gasteiger partial charge on any atom is 0.435 e. The van der Waals surface area contributed by atoms with Crippen molar-refractivity contribution >= 4 is 34.7 Å². The van der Waals surface area contributed by atoms with Crippen molar-refractivity contribution in [2.45, 2.75) is 37.7 Å². The lowest BCUT2D eigenvalue weighted by Gasteiger charge is -2.46. The number of likely N-dealkylation sites (tertiary alicyclic amines) is 1. The zero-order chi connectivity index (χ0) is 26.5. The van der Waals surface area contributed by atoms with Crippen molar-refractivity contribution < 1.29 is 26.8 Å². The minimum Gasteiger partial charge on any atom is -0.374 e. The normalized spacial score (nSPS) is 21.6. The Bertz CT molecular complexity index is 1260. The summed E-state index contributed by atoms with van der Waals surface area (Å²) in [7, 11) is 0. The van der Waals surface area contributed by atoms with E-state index in [9.17, 15) is 17.6 Å². The Morgan fingerprint density at radius 1 is 1.22 bits per heavy atom. The number of aliphatic imine (C=N–C) groups is 1. The zero-order valence-corrected chi connectivity index (χ0v) is 20.4. The lowest BCUT2D eigenvalue weighted by molar-refractivity contribution is -0.275. The van der Waals surface area contributed by atoms with Crippen LogP contribution >= 0.6 is 23.2 Å². The topological polar surface area (TPSA) is 73.9 Å². The minimum atomic E-state index is -4.95. The van der Waals surface area contributed by atoms with Crippen molar-refractivity contribution in [2.75, 3.05) is 13.1 Å². The molecule has 0 aliphatic carbocycles. The van der Waals surface area contributed by atoms with Crippen LogP contribution in [0.1, 0.15) is 37.1 Å². The van der Waals surface area contributed by atoms with Crippen LogP contribution in [-0.2, 0) is 16.1 Å². The van der Waals surface area contributed by atoms with E-state index in [2.05, 4.69) is 15.1 Å². The third kappa shape index (κ3) is 4.37. The fourth-order valence-electron chi connectivity index (χ4n) is 4.18. The Morgan fingerprint density at radius 3 is 2.36 bits per heavy atom. The predicted octanol–water partition coefficient (Wildman–Crippen LogP) is 6.13. The molecule has 1 aromatic heterocycles. The number of hydrogen-bond donors (Lipinski definition) is 0. The SMILES string of the molecule is CC(C)C(=NC#N)N1CC(F)(c2ccc(C3=NOC(c4cc(Cl)c(F)c(Cl)c4)(C(F)(F)F)C3)cn2)C1. The molecule has 1 unspecified atom stereocenters. The number of pyridine rings is 1. The number of nitrogens with zero attached hydrogens (tertiary/aromatic N) is 5. The van der Waals surface area contributed by atoms with Gasteiger partial charge >= 0.3 is 6.18 Å². The fourth-order valence-corrected chi connectivity index (χ4v) is 4.66. The van der Waals surface area contributed by atoms with Crippen LogP contribution < -0.4 is 0 Å². The van der Waals surface area contributed by atoms with E-state index in [0.29, 0.717) is 5.84 Å². The molecule has 0 amide bonds. The first kappa shape index (κ1) is 26.1. The molecule has 1 aromatic carbocycles. The van der Waals surface area contributed by atoms with Gasteiger partial charge in [-0.05, 0) is 24.3 Å². The molecule has 1 fully saturated rings. The summed E-state index contributed by atoms with van der Waals surface area (Å²) in [4.78, 5) is 14.4. The van der Waals surface area contributed by atoms with Crippen molar-refractivity contribution in [1.82, 2.24) is 9.88 Å². The monoisotopic (exact) mass is 545 g/mol. The van der Waals surface area contributed by atoms with Gasteiger partial charge in [0.25, 0.3) is 5.60 Å². The maximum absolute atomic E-state index is 15.4. The average molecular weight is 546 g/mol. The van der Waals surface area contributed by atoms with E-state index in [4.69, 9.17) is 33.3 Å². The lowest BCUT2D eigenvalue weighted by Crippen LogP contribution is -2.60. The molecule has 2 aliphatic rings. The van der Waals surface area contributed by atoms with E-state index in [1.54, 1.807) is 11.1 Å². The highest BCUT2D eigenvalue weighted by molar-refractivity contribution is 6.35. The van der Waals surface area contributed by atoms with Gasteiger partial charge in [-0.3, -0.25) is 4.98 Å². The summed E-state index contributed by atoms with van der Waals surface area (Å²) in [5.41, 5.74) is -5.07. The molecule has 0 saturated carbocycles. The Morgan fingerprint density at radius 2 is 1.86 bits per heavy atom. The van der Waals surface area contributed by atoms with Crippen molar-refractivity contribution in [1.29, 1.82) is 5.26 Å². The number of alkyl halides is 4. The molecule has 2 aliphatic heterocycles. The lowest BCUT2D eigenvalue weighted by atomic mass is 9.86. The summed E-state index contributed by atoms with van der Waals surface area (Å²) in [6.45, 7) is 3.54. The molecular formula is C23H18Cl2F5N5O. The van der Waals surface area contributed by atoms with Gasteiger partial charge in [0.15, 0.2) is 11.5 Å². The quantitative estimate of drug-likeness (QED) is 0.152. The highest BCUT2D eigenvalue weighted by Gasteiger charge is 2.62. The number of benzene rings is 1. The van der Waals surface area contributed by atoms with E-state index >= 15 is 4.39 Å². The maximum atomic E-state index is 15.4. The molecule has 0 spiro atoms. The summed E-state index contributed by atoms with van der Waals surface area (Å²) in [5, 5.41) is 11.3. The minimum absolute atomic E-state index is 0.0641. The molecule has 2 aromatic rings. The van der Waals surface area contributed by atoms with Gasteiger partial charge in [-0.15, -0.1) is 0 Å². The third-order valence-electron chi connectivity index (χ3n) is 6.08. The van der Waals surface area contributed by atoms with Gasteiger partial charge in [0.05, 0.1) is 41.0 Å². The summed E-state index contributed by atoms with van der Waals surface area (Å²) >= 11 is 11.4. The standard InChI is InChI=1S/C23H18Cl2F5N5O/c1-12(2)20(33-11-31)35-9-21(27,10-35)18-4-3-13(8-32-18)17-7-22(36-34-17,23(28,29)30)14-5-15(24)19(26)16(25)6-14/h3-6,8,12H,7,9-10H2,1-2H3. The second kappa shape index (κ2) is 9.16. The molecule has 0 N–H and O–H groups in total. The zero-order valence-electron chi connectivity index (χ0n) is 18.9. The van der Waals surface area contributed by atoms with Crippen LogP contribution in [-0.4, -0.2) is 40.7 Å². The number of amidine groups is 1. The van der Waals surface area contributed by atoms with E-state index in [0.717, 1.165) is 12.1 Å². The summed E-state index contributed by atoms with van der Waals surface area (Å²) in [6, 6.07) is 4.36. The molecular weight excluding hydrogens is 528 g/mol. The summed E-state index contributed by atoms with van der Waals surface area (Å²) < 4.78 is 71.7. The molecule has 4 rings (SSSR count). The van der Waals surface area contributed by atoms with Crippen molar-refractivity contribution in [3.8, 4) is 6.19 Å². The fraction of sp³-hybridized carbons (Fsp3) is 0.391. The van der Waals surface area contributed by atoms with E-state index in [1.807, 2.05) is 13.8 Å². The van der Waals surface area contributed by atoms with Crippen LogP contribution in [0, 0.1) is 23.2 Å².